The Morgan fingerprint density at radius 3 is 2.46 bits per heavy atom. The maximum absolute atomic E-state index is 12.6. The SMILES string of the molecule is COc1cc(C=C2C(=N)N3N=C(C(C)C)SC3=NC2=O)ccc1OCCOCCOc1ccc(C)cc1. The summed E-state index contributed by atoms with van der Waals surface area (Å²) in [4.78, 5) is 16.7. The van der Waals surface area contributed by atoms with Gasteiger partial charge in [0.2, 0.25) is 5.17 Å². The third-order valence-corrected chi connectivity index (χ3v) is 6.67. The van der Waals surface area contributed by atoms with E-state index < -0.39 is 5.91 Å². The van der Waals surface area contributed by atoms with Crippen LogP contribution < -0.4 is 14.2 Å². The number of methoxy groups -OCH3 is 1. The average molecular weight is 523 g/mol. The molecular formula is C27H30N4O5S. The van der Waals surface area contributed by atoms with Crippen LogP contribution in [-0.2, 0) is 9.53 Å². The first kappa shape index (κ1) is 26.4. The molecule has 0 saturated carbocycles. The number of nitrogens with one attached hydrogen (secondary N) is 1. The summed E-state index contributed by atoms with van der Waals surface area (Å²) in [6.07, 6.45) is 1.61. The van der Waals surface area contributed by atoms with Gasteiger partial charge >= 0.3 is 0 Å². The van der Waals surface area contributed by atoms with Crippen LogP contribution in [0, 0.1) is 18.3 Å². The molecule has 37 heavy (non-hydrogen) atoms. The Labute approximate surface area is 220 Å². The molecule has 0 unspecified atom stereocenters. The number of carbonyl (C=O) groups is 1. The summed E-state index contributed by atoms with van der Waals surface area (Å²) < 4.78 is 22.5. The first-order valence-corrected chi connectivity index (χ1v) is 12.8. The number of hydrogen-bond acceptors (Lipinski definition) is 8. The summed E-state index contributed by atoms with van der Waals surface area (Å²) in [5.74, 6) is 1.59. The zero-order chi connectivity index (χ0) is 26.4. The normalized spacial score (nSPS) is 16.1. The van der Waals surface area contributed by atoms with Gasteiger partial charge in [0.1, 0.15) is 24.0 Å². The van der Waals surface area contributed by atoms with E-state index in [1.165, 1.54) is 22.3 Å². The molecule has 0 fully saturated rings. The van der Waals surface area contributed by atoms with Crippen LogP contribution in [0.1, 0.15) is 25.0 Å². The van der Waals surface area contributed by atoms with Gasteiger partial charge in [-0.05, 0) is 54.6 Å². The highest BCUT2D eigenvalue weighted by Gasteiger charge is 2.36. The van der Waals surface area contributed by atoms with Crippen molar-refractivity contribution in [3.63, 3.8) is 0 Å². The Morgan fingerprint density at radius 2 is 1.76 bits per heavy atom. The highest BCUT2D eigenvalue weighted by Crippen LogP contribution is 2.32. The molecule has 0 bridgehead atoms. The topological polar surface area (TPSA) is 106 Å². The van der Waals surface area contributed by atoms with Crippen molar-refractivity contribution in [1.29, 1.82) is 5.41 Å². The number of rotatable bonds is 11. The van der Waals surface area contributed by atoms with E-state index in [0.717, 1.165) is 10.8 Å². The lowest BCUT2D eigenvalue weighted by Crippen LogP contribution is -2.35. The van der Waals surface area contributed by atoms with Crippen LogP contribution in [0.25, 0.3) is 6.08 Å². The van der Waals surface area contributed by atoms with Crippen molar-refractivity contribution >= 4 is 39.8 Å². The predicted molar refractivity (Wildman–Crippen MR) is 146 cm³/mol. The Hall–Kier alpha value is -3.63. The number of amides is 1. The number of aliphatic imine (C=N–C) groups is 1. The van der Waals surface area contributed by atoms with Crippen LogP contribution in [0.3, 0.4) is 0 Å². The highest BCUT2D eigenvalue weighted by molar-refractivity contribution is 8.27. The molecule has 2 aromatic rings. The standard InChI is InChI=1S/C27H30N4O5S/c1-17(2)26-30-31-24(28)21(25(32)29-27(31)37-26)15-19-7-10-22(23(16-19)33-4)36-14-12-34-11-13-35-20-8-5-18(3)6-9-20/h5-10,15-17,28H,11-14H2,1-4H3. The van der Waals surface area contributed by atoms with E-state index >= 15 is 0 Å². The first-order chi connectivity index (χ1) is 17.9. The molecule has 4 rings (SSSR count). The van der Waals surface area contributed by atoms with Crippen LogP contribution >= 0.6 is 11.8 Å². The summed E-state index contributed by atoms with van der Waals surface area (Å²) in [5, 5.41) is 15.6. The minimum atomic E-state index is -0.466. The van der Waals surface area contributed by atoms with Crippen LogP contribution in [0.2, 0.25) is 0 Å². The molecule has 0 aliphatic carbocycles. The molecule has 0 radical (unpaired) electrons. The molecule has 9 nitrogen and oxygen atoms in total. The molecule has 0 aromatic heterocycles. The average Bonchev–Trinajstić information content (AvgIpc) is 3.32. The Bertz CT molecular complexity index is 1250. The van der Waals surface area contributed by atoms with Gasteiger partial charge in [0.15, 0.2) is 17.3 Å². The fourth-order valence-electron chi connectivity index (χ4n) is 3.47. The summed E-state index contributed by atoms with van der Waals surface area (Å²) in [5.41, 5.74) is 2.03. The van der Waals surface area contributed by atoms with Gasteiger partial charge in [-0.1, -0.05) is 37.6 Å². The number of nitrogens with zero attached hydrogens (tertiary/aromatic N) is 3. The van der Waals surface area contributed by atoms with Gasteiger partial charge in [0.25, 0.3) is 5.91 Å². The summed E-state index contributed by atoms with van der Waals surface area (Å²) in [6, 6.07) is 13.2. The molecule has 0 atom stereocenters. The first-order valence-electron chi connectivity index (χ1n) is 11.9. The highest BCUT2D eigenvalue weighted by atomic mass is 32.2. The van der Waals surface area contributed by atoms with Crippen molar-refractivity contribution in [3.8, 4) is 17.2 Å². The minimum Gasteiger partial charge on any atom is -0.493 e. The van der Waals surface area contributed by atoms with Crippen LogP contribution in [0.5, 0.6) is 17.2 Å². The van der Waals surface area contributed by atoms with E-state index in [2.05, 4.69) is 10.1 Å². The minimum absolute atomic E-state index is 0.000880. The Kier molecular flexibility index (Phi) is 8.62. The predicted octanol–water partition coefficient (Wildman–Crippen LogP) is 4.75. The summed E-state index contributed by atoms with van der Waals surface area (Å²) in [7, 11) is 1.55. The number of benzene rings is 2. The third kappa shape index (κ3) is 6.58. The Morgan fingerprint density at radius 1 is 1.03 bits per heavy atom. The molecule has 1 amide bonds. The van der Waals surface area contributed by atoms with Crippen molar-refractivity contribution in [2.75, 3.05) is 33.5 Å². The van der Waals surface area contributed by atoms with Crippen molar-refractivity contribution in [2.24, 2.45) is 16.0 Å². The van der Waals surface area contributed by atoms with Gasteiger partial charge < -0.3 is 18.9 Å². The van der Waals surface area contributed by atoms with Crippen molar-refractivity contribution in [1.82, 2.24) is 5.01 Å². The van der Waals surface area contributed by atoms with E-state index in [4.69, 9.17) is 24.4 Å². The van der Waals surface area contributed by atoms with Crippen LogP contribution in [0.15, 0.2) is 58.1 Å². The second-order valence-corrected chi connectivity index (χ2v) is 9.63. The monoisotopic (exact) mass is 522 g/mol. The lowest BCUT2D eigenvalue weighted by Gasteiger charge is -2.20. The zero-order valence-electron chi connectivity index (χ0n) is 21.3. The van der Waals surface area contributed by atoms with E-state index in [-0.39, 0.29) is 17.3 Å². The molecular weight excluding hydrogens is 492 g/mol. The van der Waals surface area contributed by atoms with Gasteiger partial charge in [0, 0.05) is 5.92 Å². The van der Waals surface area contributed by atoms with Crippen molar-refractivity contribution < 1.29 is 23.7 Å². The fraction of sp³-hybridized carbons (Fsp3) is 0.333. The smallest absolute Gasteiger partial charge is 0.283 e. The lowest BCUT2D eigenvalue weighted by molar-refractivity contribution is -0.114. The van der Waals surface area contributed by atoms with E-state index in [9.17, 15) is 4.79 Å². The molecule has 0 spiro atoms. The van der Waals surface area contributed by atoms with E-state index in [0.29, 0.717) is 48.7 Å². The molecule has 2 aliphatic heterocycles. The summed E-state index contributed by atoms with van der Waals surface area (Å²) >= 11 is 1.32. The second-order valence-electron chi connectivity index (χ2n) is 8.65. The molecule has 194 valence electrons. The van der Waals surface area contributed by atoms with Crippen LogP contribution in [-0.4, -0.2) is 60.5 Å². The number of amidine groups is 2. The van der Waals surface area contributed by atoms with Crippen LogP contribution in [0.4, 0.5) is 0 Å². The molecule has 10 heteroatoms. The lowest BCUT2D eigenvalue weighted by atomic mass is 10.1. The van der Waals surface area contributed by atoms with Gasteiger partial charge in [-0.15, -0.1) is 0 Å². The van der Waals surface area contributed by atoms with Crippen molar-refractivity contribution in [2.45, 2.75) is 20.8 Å². The zero-order valence-corrected chi connectivity index (χ0v) is 22.1. The maximum Gasteiger partial charge on any atom is 0.283 e. The van der Waals surface area contributed by atoms with Gasteiger partial charge in [0.05, 0.1) is 25.9 Å². The molecule has 2 aliphatic rings. The van der Waals surface area contributed by atoms with E-state index in [1.54, 1.807) is 31.4 Å². The molecule has 2 aromatic carbocycles. The summed E-state index contributed by atoms with van der Waals surface area (Å²) in [6.45, 7) is 7.69. The quantitative estimate of drug-likeness (QED) is 0.335. The number of aryl methyl sites for hydroxylation is 1. The maximum atomic E-state index is 12.6. The molecule has 1 N–H and O–H groups in total. The molecule has 0 saturated heterocycles. The number of fused-ring (bicyclic) bond motifs is 1. The van der Waals surface area contributed by atoms with Gasteiger partial charge in [-0.2, -0.15) is 15.1 Å². The fourth-order valence-corrected chi connectivity index (χ4v) is 4.36. The Balaban J connectivity index is 1.30. The number of ether oxygens (including phenoxy) is 4. The number of thioether (sulfide) groups is 1. The number of hydrazone groups is 1. The number of carbonyl (C=O) groups excluding carboxylic acids is 1. The third-order valence-electron chi connectivity index (χ3n) is 5.47. The number of hydrogen-bond donors (Lipinski definition) is 1. The van der Waals surface area contributed by atoms with Crippen molar-refractivity contribution in [3.05, 3.63) is 59.2 Å². The second kappa shape index (κ2) is 12.1. The van der Waals surface area contributed by atoms with E-state index in [1.807, 2.05) is 45.0 Å². The van der Waals surface area contributed by atoms with Gasteiger partial charge in [-0.25, -0.2) is 0 Å². The largest absolute Gasteiger partial charge is 0.493 e. The molecule has 2 heterocycles. The van der Waals surface area contributed by atoms with Gasteiger partial charge in [-0.3, -0.25) is 10.2 Å².